The first-order chi connectivity index (χ1) is 21.8. The lowest BCUT2D eigenvalue weighted by Crippen LogP contribution is -2.39. The molecule has 2 N–H and O–H groups in total. The third-order valence-electron chi connectivity index (χ3n) is 6.87. The van der Waals surface area contributed by atoms with Gasteiger partial charge in [0.2, 0.25) is 0 Å². The summed E-state index contributed by atoms with van der Waals surface area (Å²) in [6, 6.07) is 7.71. The van der Waals surface area contributed by atoms with Gasteiger partial charge in [-0.2, -0.15) is 0 Å². The number of hydrogen-bond acceptors (Lipinski definition) is 6. The van der Waals surface area contributed by atoms with Crippen LogP contribution < -0.4 is 10.2 Å². The number of hydrogen-bond donors (Lipinski definition) is 2. The number of rotatable bonds is 9. The summed E-state index contributed by atoms with van der Waals surface area (Å²) in [6.45, 7) is 17.6. The van der Waals surface area contributed by atoms with Gasteiger partial charge in [0.25, 0.3) is 11.8 Å². The van der Waals surface area contributed by atoms with Gasteiger partial charge in [-0.25, -0.2) is 4.39 Å². The van der Waals surface area contributed by atoms with E-state index in [0.717, 1.165) is 56.0 Å². The van der Waals surface area contributed by atoms with E-state index in [2.05, 4.69) is 5.43 Å². The lowest BCUT2D eigenvalue weighted by molar-refractivity contribution is -0.0248. The molecule has 0 spiro atoms. The number of likely N-dealkylation sites (tertiary alicyclic amines) is 1. The zero-order valence-corrected chi connectivity index (χ0v) is 30.4. The van der Waals surface area contributed by atoms with Gasteiger partial charge in [0, 0.05) is 30.0 Å². The summed E-state index contributed by atoms with van der Waals surface area (Å²) in [4.78, 5) is 27.2. The minimum absolute atomic E-state index is 0.0816. The lowest BCUT2D eigenvalue weighted by Gasteiger charge is -2.32. The van der Waals surface area contributed by atoms with Crippen molar-refractivity contribution in [1.82, 2.24) is 14.9 Å². The smallest absolute Gasteiger partial charge is 0.271 e. The van der Waals surface area contributed by atoms with Crippen LogP contribution in [-0.4, -0.2) is 51.4 Å². The number of carbonyl (C=O) groups excluding carboxylic acids is 2. The molecule has 45 heavy (non-hydrogen) atoms. The molecule has 0 radical (unpaired) electrons. The molecule has 1 heterocycles. The van der Waals surface area contributed by atoms with Crippen LogP contribution in [0.15, 0.2) is 30.3 Å². The molecule has 2 amide bonds. The lowest BCUT2D eigenvalue weighted by atomic mass is 9.97. The second-order valence-electron chi connectivity index (χ2n) is 9.84. The summed E-state index contributed by atoms with van der Waals surface area (Å²) < 4.78 is 21.6. The van der Waals surface area contributed by atoms with E-state index < -0.39 is 11.7 Å². The number of amides is 2. The van der Waals surface area contributed by atoms with Crippen LogP contribution in [0.1, 0.15) is 126 Å². The molecule has 2 saturated carbocycles. The standard InChI is InChI=1S/C26H28Cl2FN3O4S.4C2H6/c27-21-6-3-17(11-22(21)28)26(34)31-9-7-15(8-10-31)14-36-24-13-23(29)20(12-19(24)16-1-2-16)25(33)30-32(35)37-18-4-5-18;4*1-2/h3,6,11-13,15-16,18,35H,1-2,4-5,7-10,14H2,(H,30,33);4*1-2H3. The Hall–Kier alpha value is -2.04. The van der Waals surface area contributed by atoms with Crippen molar-refractivity contribution in [3.05, 3.63) is 62.9 Å². The second-order valence-corrected chi connectivity index (χ2v) is 11.9. The summed E-state index contributed by atoms with van der Waals surface area (Å²) in [5.74, 6) is -0.553. The van der Waals surface area contributed by atoms with Crippen LogP contribution in [0.3, 0.4) is 0 Å². The van der Waals surface area contributed by atoms with Crippen LogP contribution in [0.2, 0.25) is 10.0 Å². The number of nitrogens with zero attached hydrogens (tertiary/aromatic N) is 2. The van der Waals surface area contributed by atoms with Crippen LogP contribution in [-0.2, 0) is 0 Å². The van der Waals surface area contributed by atoms with Crippen molar-refractivity contribution in [2.45, 2.75) is 105 Å². The van der Waals surface area contributed by atoms with E-state index in [-0.39, 0.29) is 28.6 Å². The van der Waals surface area contributed by atoms with Gasteiger partial charge in [0.15, 0.2) is 0 Å². The minimum Gasteiger partial charge on any atom is -0.493 e. The van der Waals surface area contributed by atoms with Crippen molar-refractivity contribution >= 4 is 47.0 Å². The fraction of sp³-hybridized carbons (Fsp3) is 0.588. The summed E-state index contributed by atoms with van der Waals surface area (Å²) >= 11 is 13.1. The first-order valence-corrected chi connectivity index (χ1v) is 18.0. The highest BCUT2D eigenvalue weighted by Crippen LogP contribution is 2.45. The average molecular weight is 689 g/mol. The monoisotopic (exact) mass is 687 g/mol. The molecular formula is C34H52Cl2FN3O4S. The topological polar surface area (TPSA) is 82.1 Å². The maximum atomic E-state index is 14.9. The molecule has 11 heteroatoms. The van der Waals surface area contributed by atoms with E-state index in [1.165, 1.54) is 6.07 Å². The number of hydrazine groups is 1. The molecule has 1 aliphatic heterocycles. The quantitative estimate of drug-likeness (QED) is 0.202. The van der Waals surface area contributed by atoms with Crippen molar-refractivity contribution in [3.8, 4) is 5.75 Å². The van der Waals surface area contributed by atoms with Crippen LogP contribution in [0.4, 0.5) is 4.39 Å². The number of nitrogens with one attached hydrogen (secondary N) is 1. The van der Waals surface area contributed by atoms with E-state index in [9.17, 15) is 19.2 Å². The maximum absolute atomic E-state index is 14.9. The molecule has 7 nitrogen and oxygen atoms in total. The predicted octanol–water partition coefficient (Wildman–Crippen LogP) is 10.2. The van der Waals surface area contributed by atoms with Gasteiger partial charge in [0.1, 0.15) is 11.6 Å². The molecule has 3 fully saturated rings. The van der Waals surface area contributed by atoms with Gasteiger partial charge in [-0.3, -0.25) is 20.2 Å². The summed E-state index contributed by atoms with van der Waals surface area (Å²) in [7, 11) is 0. The summed E-state index contributed by atoms with van der Waals surface area (Å²) in [6.07, 6.45) is 5.41. The zero-order chi connectivity index (χ0) is 34.1. The Morgan fingerprint density at radius 2 is 1.53 bits per heavy atom. The van der Waals surface area contributed by atoms with Gasteiger partial charge in [-0.1, -0.05) is 78.6 Å². The number of benzene rings is 2. The molecule has 0 atom stereocenters. The van der Waals surface area contributed by atoms with E-state index in [1.54, 1.807) is 29.2 Å². The van der Waals surface area contributed by atoms with Crippen LogP contribution in [0.5, 0.6) is 5.75 Å². The van der Waals surface area contributed by atoms with Crippen LogP contribution in [0.25, 0.3) is 0 Å². The average Bonchev–Trinajstić information content (AvgIpc) is 4.02. The number of halogens is 3. The van der Waals surface area contributed by atoms with Crippen LogP contribution in [0, 0.1) is 11.7 Å². The Morgan fingerprint density at radius 1 is 0.933 bits per heavy atom. The Balaban J connectivity index is 0.00000117. The van der Waals surface area contributed by atoms with Gasteiger partial charge >= 0.3 is 0 Å². The third-order valence-corrected chi connectivity index (χ3v) is 8.67. The Labute approximate surface area is 284 Å². The minimum atomic E-state index is -0.694. The first-order valence-electron chi connectivity index (χ1n) is 16.5. The highest BCUT2D eigenvalue weighted by molar-refractivity contribution is 7.97. The fourth-order valence-corrected chi connectivity index (χ4v) is 5.46. The highest BCUT2D eigenvalue weighted by atomic mass is 35.5. The van der Waals surface area contributed by atoms with E-state index in [4.69, 9.17) is 27.9 Å². The molecular weight excluding hydrogens is 636 g/mol. The van der Waals surface area contributed by atoms with Gasteiger partial charge in [0.05, 0.1) is 22.2 Å². The van der Waals surface area contributed by atoms with Crippen molar-refractivity contribution in [2.75, 3.05) is 19.7 Å². The fourth-order valence-electron chi connectivity index (χ4n) is 4.39. The number of ether oxygens (including phenoxy) is 1. The van der Waals surface area contributed by atoms with Gasteiger partial charge in [-0.05, 0) is 96.7 Å². The largest absolute Gasteiger partial charge is 0.493 e. The first kappa shape index (κ1) is 41.0. The van der Waals surface area contributed by atoms with Crippen molar-refractivity contribution in [1.29, 1.82) is 0 Å². The van der Waals surface area contributed by atoms with Crippen molar-refractivity contribution in [3.63, 3.8) is 0 Å². The third kappa shape index (κ3) is 12.9. The SMILES string of the molecule is CC.CC.CC.CC.O=C(NN(O)SC1CC1)c1cc(C2CC2)c(OCC2CCN(C(=O)c3ccc(Cl)c(Cl)c3)CC2)cc1F. The molecule has 2 aliphatic carbocycles. The number of carbonyl (C=O) groups is 2. The van der Waals surface area contributed by atoms with Gasteiger partial charge in [-0.15, -0.1) is 0 Å². The molecule has 0 unspecified atom stereocenters. The molecule has 1 saturated heterocycles. The van der Waals surface area contributed by atoms with Crippen molar-refractivity contribution in [2.24, 2.45) is 5.92 Å². The summed E-state index contributed by atoms with van der Waals surface area (Å²) in [5, 5.41) is 10.9. The molecule has 254 valence electrons. The van der Waals surface area contributed by atoms with E-state index >= 15 is 0 Å². The Morgan fingerprint density at radius 3 is 2.07 bits per heavy atom. The Bertz CT molecular complexity index is 1190. The predicted molar refractivity (Wildman–Crippen MR) is 186 cm³/mol. The normalized spacial score (nSPS) is 15.5. The molecule has 2 aromatic rings. The maximum Gasteiger partial charge on any atom is 0.271 e. The second kappa shape index (κ2) is 21.7. The van der Waals surface area contributed by atoms with E-state index in [1.807, 2.05) is 55.4 Å². The molecule has 2 aromatic carbocycles. The van der Waals surface area contributed by atoms with E-state index in [0.29, 0.717) is 45.6 Å². The zero-order valence-electron chi connectivity index (χ0n) is 28.1. The summed E-state index contributed by atoms with van der Waals surface area (Å²) in [5.41, 5.74) is 3.53. The highest BCUT2D eigenvalue weighted by Gasteiger charge is 2.31. The number of piperidine rings is 1. The molecule has 3 aliphatic rings. The molecule has 0 aromatic heterocycles. The van der Waals surface area contributed by atoms with Crippen LogP contribution >= 0.6 is 35.1 Å². The molecule has 0 bridgehead atoms. The Kier molecular flexibility index (Phi) is 19.8. The van der Waals surface area contributed by atoms with Gasteiger partial charge < -0.3 is 9.64 Å². The molecule has 5 rings (SSSR count). The van der Waals surface area contributed by atoms with Crippen molar-refractivity contribution < 1.29 is 23.9 Å².